The van der Waals surface area contributed by atoms with Crippen LogP contribution in [0.5, 0.6) is 11.5 Å². The molecule has 0 bridgehead atoms. The topological polar surface area (TPSA) is 55.8 Å². The SMILES string of the molecule is CCOc1cc(/C=C2\SC(=O)N(Cc3c(Cl)cccc3Cl)C2=O)cc(Cl)c1OCc1ccccc1Cl. The fourth-order valence-electron chi connectivity index (χ4n) is 3.47. The maximum Gasteiger partial charge on any atom is 0.293 e. The molecule has 1 saturated heterocycles. The molecule has 3 aromatic carbocycles. The lowest BCUT2D eigenvalue weighted by atomic mass is 10.1. The van der Waals surface area contributed by atoms with E-state index >= 15 is 0 Å². The van der Waals surface area contributed by atoms with Crippen LogP contribution in [0.2, 0.25) is 20.1 Å². The zero-order chi connectivity index (χ0) is 25.8. The highest BCUT2D eigenvalue weighted by atomic mass is 35.5. The van der Waals surface area contributed by atoms with E-state index in [1.165, 1.54) is 0 Å². The summed E-state index contributed by atoms with van der Waals surface area (Å²) in [5, 5.41) is 1.22. The number of nitrogens with zero attached hydrogens (tertiary/aromatic N) is 1. The van der Waals surface area contributed by atoms with Gasteiger partial charge in [0.15, 0.2) is 11.5 Å². The van der Waals surface area contributed by atoms with Gasteiger partial charge in [0.2, 0.25) is 0 Å². The van der Waals surface area contributed by atoms with Crippen molar-refractivity contribution in [1.29, 1.82) is 0 Å². The van der Waals surface area contributed by atoms with Gasteiger partial charge in [-0.1, -0.05) is 70.7 Å². The van der Waals surface area contributed by atoms with E-state index in [2.05, 4.69) is 0 Å². The Balaban J connectivity index is 1.58. The zero-order valence-electron chi connectivity index (χ0n) is 18.9. The second kappa shape index (κ2) is 11.8. The molecule has 0 aromatic heterocycles. The van der Waals surface area contributed by atoms with Gasteiger partial charge >= 0.3 is 0 Å². The highest BCUT2D eigenvalue weighted by Crippen LogP contribution is 2.40. The van der Waals surface area contributed by atoms with Crippen LogP contribution in [0.4, 0.5) is 4.79 Å². The molecule has 0 spiro atoms. The number of ether oxygens (including phenoxy) is 2. The maximum absolute atomic E-state index is 13.0. The second-order valence-electron chi connectivity index (χ2n) is 7.61. The number of thioether (sulfide) groups is 1. The molecule has 0 atom stereocenters. The van der Waals surface area contributed by atoms with E-state index in [-0.39, 0.29) is 18.1 Å². The summed E-state index contributed by atoms with van der Waals surface area (Å²) in [5.41, 5.74) is 1.88. The molecule has 0 unspecified atom stereocenters. The smallest absolute Gasteiger partial charge is 0.293 e. The predicted octanol–water partition coefficient (Wildman–Crippen LogP) is 8.51. The van der Waals surface area contributed by atoms with Crippen LogP contribution in [0.15, 0.2) is 59.5 Å². The summed E-state index contributed by atoms with van der Waals surface area (Å²) in [7, 11) is 0. The third kappa shape index (κ3) is 5.96. The molecule has 5 nitrogen and oxygen atoms in total. The van der Waals surface area contributed by atoms with Crippen molar-refractivity contribution in [2.75, 3.05) is 6.61 Å². The largest absolute Gasteiger partial charge is 0.490 e. The number of amides is 2. The van der Waals surface area contributed by atoms with Crippen LogP contribution >= 0.6 is 58.2 Å². The van der Waals surface area contributed by atoms with Crippen LogP contribution < -0.4 is 9.47 Å². The van der Waals surface area contributed by atoms with E-state index in [1.54, 1.807) is 42.5 Å². The van der Waals surface area contributed by atoms with Crippen LogP contribution in [-0.4, -0.2) is 22.7 Å². The molecule has 4 rings (SSSR count). The molecular formula is C26H19Cl4NO4S. The quantitative estimate of drug-likeness (QED) is 0.249. The second-order valence-corrected chi connectivity index (χ2v) is 10.2. The highest BCUT2D eigenvalue weighted by Gasteiger charge is 2.35. The number of halogens is 4. The monoisotopic (exact) mass is 581 g/mol. The van der Waals surface area contributed by atoms with Gasteiger partial charge in [0.1, 0.15) is 6.61 Å². The molecule has 0 radical (unpaired) electrons. The summed E-state index contributed by atoms with van der Waals surface area (Å²) in [6.45, 7) is 2.38. The number of hydrogen-bond acceptors (Lipinski definition) is 5. The van der Waals surface area contributed by atoms with Crippen LogP contribution in [0.3, 0.4) is 0 Å². The Hall–Kier alpha value is -2.35. The molecule has 186 valence electrons. The lowest BCUT2D eigenvalue weighted by molar-refractivity contribution is -0.123. The third-order valence-electron chi connectivity index (χ3n) is 5.21. The summed E-state index contributed by atoms with van der Waals surface area (Å²) in [4.78, 5) is 27.0. The number of carbonyl (C=O) groups is 2. The average molecular weight is 583 g/mol. The molecule has 1 aliphatic rings. The molecule has 1 fully saturated rings. The van der Waals surface area contributed by atoms with E-state index in [0.29, 0.717) is 49.3 Å². The molecule has 0 N–H and O–H groups in total. The van der Waals surface area contributed by atoms with Crippen molar-refractivity contribution in [2.24, 2.45) is 0 Å². The first kappa shape index (κ1) is 26.7. The Morgan fingerprint density at radius 3 is 2.28 bits per heavy atom. The van der Waals surface area contributed by atoms with Crippen molar-refractivity contribution < 1.29 is 19.1 Å². The molecule has 0 saturated carbocycles. The third-order valence-corrected chi connectivity index (χ3v) is 7.48. The van der Waals surface area contributed by atoms with Crippen molar-refractivity contribution in [3.8, 4) is 11.5 Å². The fourth-order valence-corrected chi connectivity index (χ4v) is 5.29. The van der Waals surface area contributed by atoms with Crippen molar-refractivity contribution >= 4 is 75.4 Å². The van der Waals surface area contributed by atoms with Gasteiger partial charge in [-0.15, -0.1) is 0 Å². The lowest BCUT2D eigenvalue weighted by Crippen LogP contribution is -2.27. The number of benzene rings is 3. The van der Waals surface area contributed by atoms with Gasteiger partial charge in [0, 0.05) is 26.2 Å². The van der Waals surface area contributed by atoms with Gasteiger partial charge in [-0.25, -0.2) is 0 Å². The van der Waals surface area contributed by atoms with Crippen molar-refractivity contribution in [3.63, 3.8) is 0 Å². The van der Waals surface area contributed by atoms with Gasteiger partial charge < -0.3 is 9.47 Å². The van der Waals surface area contributed by atoms with Crippen molar-refractivity contribution in [3.05, 3.63) is 96.3 Å². The summed E-state index contributed by atoms with van der Waals surface area (Å²) in [6.07, 6.45) is 1.59. The Morgan fingerprint density at radius 1 is 0.889 bits per heavy atom. The minimum atomic E-state index is -0.450. The zero-order valence-corrected chi connectivity index (χ0v) is 22.7. The van der Waals surface area contributed by atoms with Crippen molar-refractivity contribution in [1.82, 2.24) is 4.90 Å². The first-order valence-corrected chi connectivity index (χ1v) is 13.1. The molecule has 3 aromatic rings. The van der Waals surface area contributed by atoms with Crippen molar-refractivity contribution in [2.45, 2.75) is 20.1 Å². The minimum Gasteiger partial charge on any atom is -0.490 e. The molecule has 2 amide bonds. The van der Waals surface area contributed by atoms with Crippen LogP contribution in [0.25, 0.3) is 6.08 Å². The molecule has 1 aliphatic heterocycles. The number of hydrogen-bond donors (Lipinski definition) is 0. The number of imide groups is 1. The Morgan fingerprint density at radius 2 is 1.58 bits per heavy atom. The summed E-state index contributed by atoms with van der Waals surface area (Å²) in [6, 6.07) is 15.7. The average Bonchev–Trinajstić information content (AvgIpc) is 3.09. The van der Waals surface area contributed by atoms with E-state index < -0.39 is 11.1 Å². The molecule has 36 heavy (non-hydrogen) atoms. The Bertz CT molecular complexity index is 1340. The fraction of sp³-hybridized carbons (Fsp3) is 0.154. The van der Waals surface area contributed by atoms with E-state index in [9.17, 15) is 9.59 Å². The molecule has 0 aliphatic carbocycles. The highest BCUT2D eigenvalue weighted by molar-refractivity contribution is 8.18. The predicted molar refractivity (Wildman–Crippen MR) is 146 cm³/mol. The summed E-state index contributed by atoms with van der Waals surface area (Å²) in [5.74, 6) is 0.316. The standard InChI is InChI=1S/C26H19Cl4NO4S/c1-2-34-22-11-15(10-21(30)24(22)35-14-16-6-3-4-7-18(16)27)12-23-25(32)31(26(33)36-23)13-17-19(28)8-5-9-20(17)29/h3-12H,2,13-14H2,1H3/b23-12-. The normalized spacial score (nSPS) is 14.6. The van der Waals surface area contributed by atoms with Gasteiger partial charge in [0.05, 0.1) is 23.1 Å². The minimum absolute atomic E-state index is 0.0275. The molecule has 10 heteroatoms. The first-order valence-electron chi connectivity index (χ1n) is 10.8. The van der Waals surface area contributed by atoms with E-state index in [4.69, 9.17) is 55.9 Å². The molecule has 1 heterocycles. The lowest BCUT2D eigenvalue weighted by Gasteiger charge is -2.15. The Labute approximate surface area is 232 Å². The van der Waals surface area contributed by atoms with Crippen LogP contribution in [-0.2, 0) is 17.9 Å². The van der Waals surface area contributed by atoms with Gasteiger partial charge in [-0.05, 0) is 60.7 Å². The number of rotatable bonds is 8. The Kier molecular flexibility index (Phi) is 8.75. The summed E-state index contributed by atoms with van der Waals surface area (Å²) >= 11 is 26.0. The van der Waals surface area contributed by atoms with E-state index in [0.717, 1.165) is 22.2 Å². The first-order chi connectivity index (χ1) is 17.3. The van der Waals surface area contributed by atoms with Crippen LogP contribution in [0.1, 0.15) is 23.6 Å². The number of carbonyl (C=O) groups excluding carboxylic acids is 2. The molecular weight excluding hydrogens is 564 g/mol. The maximum atomic E-state index is 13.0. The van der Waals surface area contributed by atoms with Gasteiger partial charge in [-0.2, -0.15) is 0 Å². The van der Waals surface area contributed by atoms with Crippen LogP contribution in [0, 0.1) is 0 Å². The van der Waals surface area contributed by atoms with E-state index in [1.807, 2.05) is 25.1 Å². The van der Waals surface area contributed by atoms with Gasteiger partial charge in [-0.3, -0.25) is 14.5 Å². The summed E-state index contributed by atoms with van der Waals surface area (Å²) < 4.78 is 11.7. The van der Waals surface area contributed by atoms with Gasteiger partial charge in [0.25, 0.3) is 11.1 Å².